The van der Waals surface area contributed by atoms with Crippen molar-refractivity contribution in [1.82, 2.24) is 0 Å². The van der Waals surface area contributed by atoms with Crippen LogP contribution in [0.5, 0.6) is 28.7 Å². The average Bonchev–Trinajstić information content (AvgIpc) is 2.68. The van der Waals surface area contributed by atoms with E-state index in [1.807, 2.05) is 6.92 Å². The summed E-state index contributed by atoms with van der Waals surface area (Å²) >= 11 is 0. The highest BCUT2D eigenvalue weighted by Crippen LogP contribution is 2.47. The summed E-state index contributed by atoms with van der Waals surface area (Å²) in [6, 6.07) is 8.85. The Morgan fingerprint density at radius 3 is 2.15 bits per heavy atom. The lowest BCUT2D eigenvalue weighted by molar-refractivity contribution is -0.128. The number of hydrogen-bond acceptors (Lipinski definition) is 6. The number of benzene rings is 2. The lowest BCUT2D eigenvalue weighted by Crippen LogP contribution is -2.29. The topological polar surface area (TPSA) is 63.2 Å². The molecule has 0 fully saturated rings. The van der Waals surface area contributed by atoms with E-state index in [0.717, 1.165) is 5.56 Å². The van der Waals surface area contributed by atoms with Crippen LogP contribution in [0.3, 0.4) is 0 Å². The summed E-state index contributed by atoms with van der Waals surface area (Å²) in [7, 11) is 6.26. The first kappa shape index (κ1) is 17.9. The van der Waals surface area contributed by atoms with Crippen molar-refractivity contribution in [1.29, 1.82) is 0 Å². The van der Waals surface area contributed by atoms with E-state index >= 15 is 0 Å². The van der Waals surface area contributed by atoms with Crippen molar-refractivity contribution < 1.29 is 28.5 Å². The SMILES string of the molecule is COc1cc(OC)c2c(c1)O[C@H](c1ccc(OC)c(OC)c1)C(=O)C2C. The largest absolute Gasteiger partial charge is 0.496 e. The molecule has 0 saturated carbocycles. The molecule has 0 aliphatic carbocycles. The van der Waals surface area contributed by atoms with Gasteiger partial charge in [-0.25, -0.2) is 0 Å². The van der Waals surface area contributed by atoms with Crippen LogP contribution in [-0.4, -0.2) is 34.2 Å². The lowest BCUT2D eigenvalue weighted by atomic mass is 9.86. The fourth-order valence-electron chi connectivity index (χ4n) is 3.19. The van der Waals surface area contributed by atoms with Gasteiger partial charge in [0.25, 0.3) is 0 Å². The zero-order chi connectivity index (χ0) is 18.8. The molecule has 0 saturated heterocycles. The maximum absolute atomic E-state index is 13.0. The van der Waals surface area contributed by atoms with Crippen molar-refractivity contribution >= 4 is 5.78 Å². The van der Waals surface area contributed by atoms with Crippen LogP contribution in [-0.2, 0) is 4.79 Å². The number of ether oxygens (including phenoxy) is 5. The Hall–Kier alpha value is -2.89. The molecule has 1 unspecified atom stereocenters. The third-order valence-electron chi connectivity index (χ3n) is 4.61. The molecule has 1 aliphatic rings. The van der Waals surface area contributed by atoms with Gasteiger partial charge in [-0.3, -0.25) is 4.79 Å². The van der Waals surface area contributed by atoms with E-state index in [4.69, 9.17) is 23.7 Å². The minimum absolute atomic E-state index is 0.0480. The first-order valence-corrected chi connectivity index (χ1v) is 8.22. The van der Waals surface area contributed by atoms with Gasteiger partial charge in [0.05, 0.1) is 34.4 Å². The van der Waals surface area contributed by atoms with Crippen LogP contribution >= 0.6 is 0 Å². The second kappa shape index (κ2) is 7.15. The van der Waals surface area contributed by atoms with Crippen LogP contribution in [0.25, 0.3) is 0 Å². The monoisotopic (exact) mass is 358 g/mol. The third-order valence-corrected chi connectivity index (χ3v) is 4.61. The average molecular weight is 358 g/mol. The number of carbonyl (C=O) groups excluding carboxylic acids is 1. The van der Waals surface area contributed by atoms with Crippen LogP contribution in [0.1, 0.15) is 30.1 Å². The summed E-state index contributed by atoms with van der Waals surface area (Å²) in [5.74, 6) is 2.47. The highest BCUT2D eigenvalue weighted by Gasteiger charge is 2.38. The van der Waals surface area contributed by atoms with E-state index < -0.39 is 6.10 Å². The molecule has 1 heterocycles. The number of hydrogen-bond donors (Lipinski definition) is 0. The molecule has 0 bridgehead atoms. The molecule has 1 aliphatic heterocycles. The molecule has 2 aromatic carbocycles. The number of Topliss-reactive ketones (excluding diaryl/α,β-unsaturated/α-hetero) is 1. The summed E-state index contributed by atoms with van der Waals surface area (Å²) in [4.78, 5) is 13.0. The van der Waals surface area contributed by atoms with Gasteiger partial charge in [0.1, 0.15) is 17.2 Å². The zero-order valence-electron chi connectivity index (χ0n) is 15.5. The number of ketones is 1. The highest BCUT2D eigenvalue weighted by molar-refractivity contribution is 5.93. The minimum Gasteiger partial charge on any atom is -0.496 e. The van der Waals surface area contributed by atoms with Crippen molar-refractivity contribution in [3.8, 4) is 28.7 Å². The van der Waals surface area contributed by atoms with Gasteiger partial charge < -0.3 is 23.7 Å². The summed E-state index contributed by atoms with van der Waals surface area (Å²) in [6.45, 7) is 1.85. The number of methoxy groups -OCH3 is 4. The van der Waals surface area contributed by atoms with Crippen LogP contribution in [0.15, 0.2) is 30.3 Å². The van der Waals surface area contributed by atoms with Gasteiger partial charge >= 0.3 is 0 Å². The number of carbonyl (C=O) groups is 1. The van der Waals surface area contributed by atoms with E-state index in [9.17, 15) is 4.79 Å². The molecule has 2 atom stereocenters. The highest BCUT2D eigenvalue weighted by atomic mass is 16.5. The molecule has 0 N–H and O–H groups in total. The summed E-state index contributed by atoms with van der Waals surface area (Å²) in [5, 5.41) is 0. The molecule has 3 rings (SSSR count). The first-order valence-electron chi connectivity index (χ1n) is 8.22. The van der Waals surface area contributed by atoms with Crippen molar-refractivity contribution in [3.63, 3.8) is 0 Å². The first-order chi connectivity index (χ1) is 12.5. The molecule has 138 valence electrons. The molecule has 6 heteroatoms. The minimum atomic E-state index is -0.742. The Morgan fingerprint density at radius 2 is 1.54 bits per heavy atom. The summed E-state index contributed by atoms with van der Waals surface area (Å²) < 4.78 is 27.4. The second-order valence-electron chi connectivity index (χ2n) is 5.98. The number of fused-ring (bicyclic) bond motifs is 1. The van der Waals surface area contributed by atoms with E-state index in [-0.39, 0.29) is 11.7 Å². The third kappa shape index (κ3) is 2.92. The van der Waals surface area contributed by atoms with E-state index in [0.29, 0.717) is 34.3 Å². The van der Waals surface area contributed by atoms with Crippen molar-refractivity contribution in [2.24, 2.45) is 0 Å². The Balaban J connectivity index is 2.07. The smallest absolute Gasteiger partial charge is 0.185 e. The lowest BCUT2D eigenvalue weighted by Gasteiger charge is -2.31. The summed E-state index contributed by atoms with van der Waals surface area (Å²) in [5.41, 5.74) is 1.43. The zero-order valence-corrected chi connectivity index (χ0v) is 15.5. The number of rotatable bonds is 5. The second-order valence-corrected chi connectivity index (χ2v) is 5.98. The van der Waals surface area contributed by atoms with Gasteiger partial charge in [-0.15, -0.1) is 0 Å². The van der Waals surface area contributed by atoms with E-state index in [2.05, 4.69) is 0 Å². The molecule has 26 heavy (non-hydrogen) atoms. The fraction of sp³-hybridized carbons (Fsp3) is 0.350. The van der Waals surface area contributed by atoms with Gasteiger partial charge in [0.2, 0.25) is 0 Å². The Bertz CT molecular complexity index is 829. The molecule has 2 aromatic rings. The molecule has 0 aromatic heterocycles. The van der Waals surface area contributed by atoms with E-state index in [1.54, 1.807) is 58.8 Å². The maximum Gasteiger partial charge on any atom is 0.185 e. The standard InChI is InChI=1S/C20H22O6/c1-11-18-16(25-5)9-13(22-2)10-17(18)26-20(19(11)21)12-6-7-14(23-3)15(8-12)24-4/h6-11,20H,1-5H3/t11?,20-/m1/s1. The molecule has 0 radical (unpaired) electrons. The fourth-order valence-corrected chi connectivity index (χ4v) is 3.19. The molecule has 0 spiro atoms. The van der Waals surface area contributed by atoms with Crippen molar-refractivity contribution in [3.05, 3.63) is 41.5 Å². The van der Waals surface area contributed by atoms with Crippen LogP contribution < -0.4 is 23.7 Å². The van der Waals surface area contributed by atoms with Crippen LogP contribution in [0.2, 0.25) is 0 Å². The molecular weight excluding hydrogens is 336 g/mol. The maximum atomic E-state index is 13.0. The van der Waals surface area contributed by atoms with Crippen molar-refractivity contribution in [2.45, 2.75) is 18.9 Å². The normalized spacial score (nSPS) is 18.6. The Labute approximate surface area is 152 Å². The van der Waals surface area contributed by atoms with Gasteiger partial charge in [0, 0.05) is 23.3 Å². The van der Waals surface area contributed by atoms with Gasteiger partial charge in [-0.05, 0) is 12.1 Å². The molecule has 6 nitrogen and oxygen atoms in total. The van der Waals surface area contributed by atoms with Gasteiger partial charge in [-0.2, -0.15) is 0 Å². The Kier molecular flexibility index (Phi) is 4.93. The predicted molar refractivity (Wildman–Crippen MR) is 95.9 cm³/mol. The molecule has 0 amide bonds. The van der Waals surface area contributed by atoms with E-state index in [1.165, 1.54) is 0 Å². The quantitative estimate of drug-likeness (QED) is 0.815. The van der Waals surface area contributed by atoms with Crippen LogP contribution in [0, 0.1) is 0 Å². The summed E-state index contributed by atoms with van der Waals surface area (Å²) in [6.07, 6.45) is -0.742. The predicted octanol–water partition coefficient (Wildman–Crippen LogP) is 3.53. The Morgan fingerprint density at radius 1 is 0.846 bits per heavy atom. The molecular formula is C20H22O6. The van der Waals surface area contributed by atoms with Crippen molar-refractivity contribution in [2.75, 3.05) is 28.4 Å². The van der Waals surface area contributed by atoms with Gasteiger partial charge in [0.15, 0.2) is 23.4 Å². The van der Waals surface area contributed by atoms with Gasteiger partial charge in [-0.1, -0.05) is 13.0 Å². The van der Waals surface area contributed by atoms with Crippen LogP contribution in [0.4, 0.5) is 0 Å².